The molecule has 1 amide bonds. The van der Waals surface area contributed by atoms with Crippen molar-refractivity contribution in [3.05, 3.63) is 76.1 Å². The molecule has 3 rings (SSSR count). The van der Waals surface area contributed by atoms with Gasteiger partial charge in [0, 0.05) is 12.1 Å². The predicted octanol–water partition coefficient (Wildman–Crippen LogP) is 2.47. The van der Waals surface area contributed by atoms with Gasteiger partial charge in [-0.05, 0) is 17.7 Å². The van der Waals surface area contributed by atoms with Crippen molar-refractivity contribution in [1.29, 1.82) is 0 Å². The smallest absolute Gasteiger partial charge is 0.284 e. The van der Waals surface area contributed by atoms with E-state index in [1.807, 2.05) is 30.3 Å². The molecule has 3 aromatic rings. The zero-order valence-corrected chi connectivity index (χ0v) is 11.6. The van der Waals surface area contributed by atoms with Crippen LogP contribution in [0.3, 0.4) is 0 Å². The highest BCUT2D eigenvalue weighted by Gasteiger charge is 2.10. The minimum Gasteiger partial charge on any atom is -0.489 e. The lowest BCUT2D eigenvalue weighted by Gasteiger charge is -2.07. The number of rotatable bonds is 4. The molecule has 2 N–H and O–H groups in total. The van der Waals surface area contributed by atoms with Crippen LogP contribution in [-0.2, 0) is 6.61 Å². The van der Waals surface area contributed by atoms with Gasteiger partial charge in [-0.25, -0.2) is 0 Å². The van der Waals surface area contributed by atoms with E-state index < -0.39 is 5.91 Å². The Bertz CT molecular complexity index is 884. The average Bonchev–Trinajstić information content (AvgIpc) is 2.53. The summed E-state index contributed by atoms with van der Waals surface area (Å²) >= 11 is 0. The lowest BCUT2D eigenvalue weighted by molar-refractivity contribution is 0.0974. The van der Waals surface area contributed by atoms with Crippen LogP contribution in [0.15, 0.2) is 63.8 Å². The van der Waals surface area contributed by atoms with Crippen LogP contribution >= 0.6 is 0 Å². The monoisotopic (exact) mass is 295 g/mol. The number of hydrogen-bond donors (Lipinski definition) is 1. The number of nitrogens with two attached hydrogens (primary N) is 1. The van der Waals surface area contributed by atoms with Gasteiger partial charge in [0.05, 0.1) is 5.39 Å². The van der Waals surface area contributed by atoms with Crippen molar-refractivity contribution in [3.8, 4) is 5.75 Å². The van der Waals surface area contributed by atoms with Crippen molar-refractivity contribution >= 4 is 16.9 Å². The summed E-state index contributed by atoms with van der Waals surface area (Å²) in [5.74, 6) is -0.409. The maximum absolute atomic E-state index is 11.9. The molecule has 22 heavy (non-hydrogen) atoms. The van der Waals surface area contributed by atoms with Crippen molar-refractivity contribution in [3.63, 3.8) is 0 Å². The van der Waals surface area contributed by atoms with E-state index in [1.54, 1.807) is 18.2 Å². The van der Waals surface area contributed by atoms with E-state index >= 15 is 0 Å². The largest absolute Gasteiger partial charge is 0.489 e. The first kappa shape index (κ1) is 13.9. The van der Waals surface area contributed by atoms with E-state index in [2.05, 4.69) is 0 Å². The molecule has 0 unspecified atom stereocenters. The van der Waals surface area contributed by atoms with Crippen LogP contribution in [0, 0.1) is 0 Å². The highest BCUT2D eigenvalue weighted by molar-refractivity contribution is 5.91. The van der Waals surface area contributed by atoms with Crippen LogP contribution in [-0.4, -0.2) is 5.91 Å². The Hall–Kier alpha value is -3.08. The fourth-order valence-corrected chi connectivity index (χ4v) is 2.09. The second-order valence-electron chi connectivity index (χ2n) is 4.77. The van der Waals surface area contributed by atoms with E-state index in [1.165, 1.54) is 0 Å². The Morgan fingerprint density at radius 3 is 2.59 bits per heavy atom. The van der Waals surface area contributed by atoms with E-state index in [-0.39, 0.29) is 16.8 Å². The van der Waals surface area contributed by atoms with Crippen molar-refractivity contribution in [2.75, 3.05) is 0 Å². The van der Waals surface area contributed by atoms with E-state index in [0.29, 0.717) is 17.7 Å². The predicted molar refractivity (Wildman–Crippen MR) is 81.8 cm³/mol. The Labute approximate surface area is 125 Å². The highest BCUT2D eigenvalue weighted by Crippen LogP contribution is 2.20. The van der Waals surface area contributed by atoms with Crippen LogP contribution in [0.5, 0.6) is 5.75 Å². The second kappa shape index (κ2) is 5.73. The molecule has 0 fully saturated rings. The van der Waals surface area contributed by atoms with E-state index in [0.717, 1.165) is 11.6 Å². The van der Waals surface area contributed by atoms with Crippen LogP contribution in [0.4, 0.5) is 0 Å². The molecule has 0 spiro atoms. The van der Waals surface area contributed by atoms with Gasteiger partial charge in [-0.2, -0.15) is 0 Å². The summed E-state index contributed by atoms with van der Waals surface area (Å²) in [4.78, 5) is 23.0. The number of hydrogen-bond acceptors (Lipinski definition) is 4. The molecule has 0 saturated heterocycles. The van der Waals surface area contributed by atoms with Crippen molar-refractivity contribution in [2.24, 2.45) is 5.73 Å². The van der Waals surface area contributed by atoms with Gasteiger partial charge >= 0.3 is 0 Å². The van der Waals surface area contributed by atoms with Crippen LogP contribution < -0.4 is 15.9 Å². The molecule has 1 heterocycles. The van der Waals surface area contributed by atoms with E-state index in [4.69, 9.17) is 14.9 Å². The number of ether oxygens (including phenoxy) is 1. The zero-order chi connectivity index (χ0) is 15.5. The summed E-state index contributed by atoms with van der Waals surface area (Å²) in [7, 11) is 0. The lowest BCUT2D eigenvalue weighted by Crippen LogP contribution is -2.14. The number of amides is 1. The molecule has 5 heteroatoms. The quantitative estimate of drug-likeness (QED) is 0.801. The molecule has 0 radical (unpaired) electrons. The summed E-state index contributed by atoms with van der Waals surface area (Å²) in [5, 5.41) is 0.372. The lowest BCUT2D eigenvalue weighted by atomic mass is 10.2. The molecule has 5 nitrogen and oxygen atoms in total. The molecular formula is C17H13NO4. The Morgan fingerprint density at radius 2 is 1.86 bits per heavy atom. The zero-order valence-electron chi connectivity index (χ0n) is 11.6. The molecule has 0 bridgehead atoms. The van der Waals surface area contributed by atoms with Gasteiger partial charge in [-0.15, -0.1) is 0 Å². The number of carbonyl (C=O) groups excluding carboxylic acids is 1. The van der Waals surface area contributed by atoms with Crippen LogP contribution in [0.1, 0.15) is 16.1 Å². The Balaban J connectivity index is 1.91. The van der Waals surface area contributed by atoms with Crippen LogP contribution in [0.2, 0.25) is 0 Å². The first-order valence-corrected chi connectivity index (χ1v) is 6.68. The minimum atomic E-state index is -0.783. The maximum atomic E-state index is 11.9. The molecule has 1 aromatic heterocycles. The normalized spacial score (nSPS) is 10.5. The van der Waals surface area contributed by atoms with Gasteiger partial charge < -0.3 is 14.9 Å². The SMILES string of the molecule is NC(=O)c1cc(=O)c2ccc(OCc3ccccc3)cc2o1. The highest BCUT2D eigenvalue weighted by atomic mass is 16.5. The summed E-state index contributed by atoms with van der Waals surface area (Å²) in [6.45, 7) is 0.395. The summed E-state index contributed by atoms with van der Waals surface area (Å²) in [6, 6.07) is 15.6. The maximum Gasteiger partial charge on any atom is 0.284 e. The Morgan fingerprint density at radius 1 is 1.09 bits per heavy atom. The number of fused-ring (bicyclic) bond motifs is 1. The molecule has 0 aliphatic rings. The second-order valence-corrected chi connectivity index (χ2v) is 4.77. The third-order valence-corrected chi connectivity index (χ3v) is 3.19. The molecular weight excluding hydrogens is 282 g/mol. The molecule has 0 aliphatic carbocycles. The van der Waals surface area contributed by atoms with Gasteiger partial charge in [0.15, 0.2) is 11.2 Å². The standard InChI is InChI=1S/C17H13NO4/c18-17(20)16-9-14(19)13-7-6-12(8-15(13)22-16)21-10-11-4-2-1-3-5-11/h1-9H,10H2,(H2,18,20). The first-order valence-electron chi connectivity index (χ1n) is 6.68. The average molecular weight is 295 g/mol. The number of benzene rings is 2. The van der Waals surface area contributed by atoms with Crippen molar-refractivity contribution < 1.29 is 13.9 Å². The van der Waals surface area contributed by atoms with Gasteiger partial charge in [0.25, 0.3) is 5.91 Å². The van der Waals surface area contributed by atoms with Gasteiger partial charge in [-0.3, -0.25) is 9.59 Å². The van der Waals surface area contributed by atoms with Gasteiger partial charge in [0.1, 0.15) is 17.9 Å². The summed E-state index contributed by atoms with van der Waals surface area (Å²) < 4.78 is 11.0. The Kier molecular flexibility index (Phi) is 3.62. The molecule has 110 valence electrons. The third kappa shape index (κ3) is 2.83. The minimum absolute atomic E-state index is 0.169. The van der Waals surface area contributed by atoms with E-state index in [9.17, 15) is 9.59 Å². The fraction of sp³-hybridized carbons (Fsp3) is 0.0588. The number of primary amides is 1. The summed E-state index contributed by atoms with van der Waals surface area (Å²) in [5.41, 5.74) is 6.12. The van der Waals surface area contributed by atoms with Crippen molar-refractivity contribution in [2.45, 2.75) is 6.61 Å². The van der Waals surface area contributed by atoms with Gasteiger partial charge in [-0.1, -0.05) is 30.3 Å². The van der Waals surface area contributed by atoms with Gasteiger partial charge in [0.2, 0.25) is 0 Å². The van der Waals surface area contributed by atoms with Crippen LogP contribution in [0.25, 0.3) is 11.0 Å². The van der Waals surface area contributed by atoms with Crippen molar-refractivity contribution in [1.82, 2.24) is 0 Å². The first-order chi connectivity index (χ1) is 10.6. The molecule has 0 atom stereocenters. The molecule has 0 saturated carbocycles. The molecule has 0 aliphatic heterocycles. The molecule has 2 aromatic carbocycles. The number of carbonyl (C=O) groups is 1. The fourth-order valence-electron chi connectivity index (χ4n) is 2.09. The topological polar surface area (TPSA) is 82.5 Å². The summed E-state index contributed by atoms with van der Waals surface area (Å²) in [6.07, 6.45) is 0. The third-order valence-electron chi connectivity index (χ3n) is 3.19.